The summed E-state index contributed by atoms with van der Waals surface area (Å²) < 4.78 is 47.3. The first-order valence-corrected chi connectivity index (χ1v) is 22.9. The molecule has 0 atom stereocenters. The van der Waals surface area contributed by atoms with E-state index in [1.807, 2.05) is 33.8 Å². The zero-order valence-electron chi connectivity index (χ0n) is 34.8. The van der Waals surface area contributed by atoms with E-state index in [-0.39, 0.29) is 45.6 Å². The predicted octanol–water partition coefficient (Wildman–Crippen LogP) is 10.8. The lowest BCUT2D eigenvalue weighted by molar-refractivity contribution is -0.432. The van der Waals surface area contributed by atoms with Crippen LogP contribution >= 0.6 is 35.4 Å². The summed E-state index contributed by atoms with van der Waals surface area (Å²) in [4.78, 5) is 10.6. The number of benzene rings is 3. The molecule has 0 bridgehead atoms. The second-order valence-corrected chi connectivity index (χ2v) is 17.5. The number of rotatable bonds is 18. The van der Waals surface area contributed by atoms with Crippen LogP contribution < -0.4 is 10.6 Å². The van der Waals surface area contributed by atoms with Gasteiger partial charge in [-0.15, -0.1) is 24.0 Å². The number of hydrogen-bond acceptors (Lipinski definition) is 20. The van der Waals surface area contributed by atoms with Crippen LogP contribution in [-0.2, 0) is 54.5 Å². The molecular formula is C40H40N10O9S4. The van der Waals surface area contributed by atoms with Gasteiger partial charge in [-0.05, 0) is 98.0 Å². The first-order chi connectivity index (χ1) is 30.2. The first-order valence-electron chi connectivity index (χ1n) is 19.1. The average Bonchev–Trinajstić information content (AvgIpc) is 3.89. The molecule has 6 rings (SSSR count). The number of thiazole rings is 1. The van der Waals surface area contributed by atoms with Crippen molar-refractivity contribution in [2.24, 2.45) is 10.2 Å². The van der Waals surface area contributed by atoms with E-state index in [0.717, 1.165) is 51.0 Å². The third-order valence-corrected chi connectivity index (χ3v) is 13.5. The molecule has 0 aliphatic carbocycles. The zero-order valence-corrected chi connectivity index (χ0v) is 38.1. The number of aromatic nitrogens is 4. The van der Waals surface area contributed by atoms with Crippen molar-refractivity contribution in [2.75, 3.05) is 10.6 Å². The fraction of sp³-hybridized carbons (Fsp3) is 0.275. The molecule has 328 valence electrons. The largest absolute Gasteiger partial charge is 0.339 e. The highest BCUT2D eigenvalue weighted by molar-refractivity contribution is 7.94. The molecule has 19 nitrogen and oxygen atoms in total. The van der Waals surface area contributed by atoms with Crippen LogP contribution in [0.4, 0.5) is 34.5 Å². The lowest BCUT2D eigenvalue weighted by Crippen LogP contribution is -2.12. The van der Waals surface area contributed by atoms with Crippen molar-refractivity contribution >= 4 is 90.3 Å². The van der Waals surface area contributed by atoms with E-state index in [0.29, 0.717) is 67.8 Å². The van der Waals surface area contributed by atoms with Crippen LogP contribution in [0.25, 0.3) is 15.3 Å². The van der Waals surface area contributed by atoms with Crippen molar-refractivity contribution in [3.63, 3.8) is 0 Å². The molecule has 0 aliphatic heterocycles. The molecule has 3 aromatic heterocycles. The van der Waals surface area contributed by atoms with Crippen LogP contribution in [0, 0.1) is 43.4 Å². The first kappa shape index (κ1) is 47.0. The summed E-state index contributed by atoms with van der Waals surface area (Å²) in [6.07, 6.45) is 3.23. The van der Waals surface area contributed by atoms with Crippen molar-refractivity contribution in [2.45, 2.75) is 88.8 Å². The van der Waals surface area contributed by atoms with Crippen LogP contribution in [0.3, 0.4) is 0 Å². The fourth-order valence-electron chi connectivity index (χ4n) is 7.13. The Kier molecular flexibility index (Phi) is 15.1. The Balaban J connectivity index is 1.55. The smallest absolute Gasteiger partial charge is 0.295 e. The number of hydrogen-bond donors (Lipinski definition) is 5. The Labute approximate surface area is 374 Å². The van der Waals surface area contributed by atoms with Gasteiger partial charge in [0.2, 0.25) is 10.9 Å². The molecule has 3 aromatic carbocycles. The summed E-state index contributed by atoms with van der Waals surface area (Å²) in [7, 11) is -4.65. The Morgan fingerprint density at radius 3 is 2.11 bits per heavy atom. The van der Waals surface area contributed by atoms with Gasteiger partial charge in [0.15, 0.2) is 11.6 Å². The molecule has 0 fully saturated rings. The summed E-state index contributed by atoms with van der Waals surface area (Å²) in [5.41, 5.74) is 6.17. The van der Waals surface area contributed by atoms with Crippen molar-refractivity contribution in [1.82, 2.24) is 19.7 Å². The molecule has 0 amide bonds. The zero-order chi connectivity index (χ0) is 45.6. The second kappa shape index (κ2) is 20.3. The molecule has 5 N–H and O–H groups in total. The molecule has 0 spiro atoms. The molecule has 6 aromatic rings. The average molecular weight is 933 g/mol. The molecule has 3 heterocycles. The molecular weight excluding hydrogens is 893 g/mol. The predicted molar refractivity (Wildman–Crippen MR) is 237 cm³/mol. The standard InChI is InChI=1S/C40H40N10O9S4/c1-8-23-14-20(5)35(62-59-57-52)27(10-3)33(23)45-39-32(22(7)29(18-42)38(46-39)44-34-24(9-2)15-21(6)36(28(34)11-4)63(53,54)55)47-48-37-25(17-41)19-50(49-37)40-43-30-13-12-26(61-58-56-51)16-31(30)60-40/h12-16,19,51-52H,8-11H2,1-7H3,(H2,44,45,46)(H,53,54,55). The van der Waals surface area contributed by atoms with E-state index in [4.69, 9.17) is 19.8 Å². The summed E-state index contributed by atoms with van der Waals surface area (Å²) >= 11 is 2.90. The van der Waals surface area contributed by atoms with Crippen molar-refractivity contribution in [1.29, 1.82) is 10.5 Å². The SMILES string of the molecule is CCc1cc(C)c(SOOO)c(CC)c1Nc1nc(Nc2c(CC)cc(C)c(S(=O)(=O)O)c2CC)c(C#N)c(C)c1N=Nc1nn(-c2nc3ccc(SOOO)cc3s2)cc1C#N. The van der Waals surface area contributed by atoms with Gasteiger partial charge < -0.3 is 10.6 Å². The quantitative estimate of drug-likeness (QED) is 0.0176. The van der Waals surface area contributed by atoms with Crippen LogP contribution in [0.2, 0.25) is 0 Å². The Morgan fingerprint density at radius 2 is 1.49 bits per heavy atom. The van der Waals surface area contributed by atoms with Crippen LogP contribution in [0.5, 0.6) is 0 Å². The van der Waals surface area contributed by atoms with Gasteiger partial charge in [0.05, 0.1) is 46.1 Å². The molecule has 0 unspecified atom stereocenters. The van der Waals surface area contributed by atoms with Gasteiger partial charge >= 0.3 is 0 Å². The van der Waals surface area contributed by atoms with E-state index >= 15 is 0 Å². The highest BCUT2D eigenvalue weighted by Crippen LogP contribution is 2.43. The molecule has 0 saturated heterocycles. The minimum atomic E-state index is -4.65. The number of nitrogens with one attached hydrogen (secondary N) is 2. The van der Waals surface area contributed by atoms with Gasteiger partial charge in [0, 0.05) is 26.7 Å². The number of pyridine rings is 1. The van der Waals surface area contributed by atoms with Gasteiger partial charge in [-0.2, -0.15) is 18.9 Å². The van der Waals surface area contributed by atoms with E-state index in [2.05, 4.69) is 57.5 Å². The lowest BCUT2D eigenvalue weighted by atomic mass is 9.98. The number of nitrogens with zero attached hydrogens (tertiary/aromatic N) is 8. The van der Waals surface area contributed by atoms with E-state index in [1.54, 1.807) is 45.0 Å². The van der Waals surface area contributed by atoms with Gasteiger partial charge in [0.1, 0.15) is 28.3 Å². The Hall–Kier alpha value is -5.54. The van der Waals surface area contributed by atoms with Crippen LogP contribution in [-0.4, -0.2) is 43.2 Å². The summed E-state index contributed by atoms with van der Waals surface area (Å²) in [6.45, 7) is 12.8. The third-order valence-electron chi connectivity index (χ3n) is 9.95. The van der Waals surface area contributed by atoms with Gasteiger partial charge in [-0.3, -0.25) is 4.55 Å². The molecule has 0 radical (unpaired) electrons. The lowest BCUT2D eigenvalue weighted by Gasteiger charge is -2.23. The number of anilines is 4. The normalized spacial score (nSPS) is 11.7. The minimum Gasteiger partial charge on any atom is -0.339 e. The monoisotopic (exact) mass is 932 g/mol. The van der Waals surface area contributed by atoms with E-state index in [1.165, 1.54) is 22.2 Å². The van der Waals surface area contributed by atoms with Gasteiger partial charge in [-0.25, -0.2) is 25.2 Å². The maximum Gasteiger partial charge on any atom is 0.295 e. The van der Waals surface area contributed by atoms with Crippen molar-refractivity contribution in [3.8, 4) is 17.3 Å². The molecule has 23 heteroatoms. The highest BCUT2D eigenvalue weighted by atomic mass is 32.2. The van der Waals surface area contributed by atoms with Crippen molar-refractivity contribution in [3.05, 3.63) is 86.6 Å². The molecule has 63 heavy (non-hydrogen) atoms. The highest BCUT2D eigenvalue weighted by Gasteiger charge is 2.27. The van der Waals surface area contributed by atoms with Crippen LogP contribution in [0.15, 0.2) is 61.4 Å². The maximum absolute atomic E-state index is 12.7. The van der Waals surface area contributed by atoms with Gasteiger partial charge in [0.25, 0.3) is 10.1 Å². The van der Waals surface area contributed by atoms with E-state index < -0.39 is 10.1 Å². The molecule has 0 aliphatic rings. The minimum absolute atomic E-state index is 0.0520. The third kappa shape index (κ3) is 9.84. The molecule has 0 saturated carbocycles. The van der Waals surface area contributed by atoms with E-state index in [9.17, 15) is 23.5 Å². The van der Waals surface area contributed by atoms with Crippen molar-refractivity contribution < 1.29 is 42.2 Å². The van der Waals surface area contributed by atoms with Crippen LogP contribution in [0.1, 0.15) is 77.8 Å². The maximum atomic E-state index is 12.7. The Bertz CT molecular complexity index is 2940. The number of azo groups is 1. The summed E-state index contributed by atoms with van der Waals surface area (Å²) in [5, 5.41) is 66.7. The fourth-order valence-corrected chi connectivity index (χ4v) is 10.2. The number of aryl methyl sites for hydroxylation is 4. The number of fused-ring (bicyclic) bond motifs is 1. The Morgan fingerprint density at radius 1 is 0.841 bits per heavy atom. The number of nitriles is 2. The second-order valence-electron chi connectivity index (χ2n) is 13.7. The van der Waals surface area contributed by atoms with Gasteiger partial charge in [-0.1, -0.05) is 61.2 Å². The topological polar surface area (TPSA) is 272 Å². The summed E-state index contributed by atoms with van der Waals surface area (Å²) in [5.74, 6) is 0.146. The summed E-state index contributed by atoms with van der Waals surface area (Å²) in [6, 6.07) is 13.2.